The van der Waals surface area contributed by atoms with Gasteiger partial charge in [-0.15, -0.1) is 24.0 Å². The average molecular weight is 439 g/mol. The molecule has 0 unspecified atom stereocenters. The number of ether oxygens (including phenoxy) is 2. The van der Waals surface area contributed by atoms with Gasteiger partial charge in [0.1, 0.15) is 12.4 Å². The fourth-order valence-corrected chi connectivity index (χ4v) is 1.92. The summed E-state index contributed by atoms with van der Waals surface area (Å²) in [6.07, 6.45) is 5.98. The van der Waals surface area contributed by atoms with E-state index in [-0.39, 0.29) is 24.0 Å². The maximum absolute atomic E-state index is 5.52. The highest BCUT2D eigenvalue weighted by Crippen LogP contribution is 2.01. The van der Waals surface area contributed by atoms with Crippen LogP contribution in [0.25, 0.3) is 0 Å². The number of hydrogen-bond acceptors (Lipinski definition) is 4. The van der Waals surface area contributed by atoms with Gasteiger partial charge >= 0.3 is 0 Å². The van der Waals surface area contributed by atoms with E-state index < -0.39 is 0 Å². The number of guanidine groups is 1. The van der Waals surface area contributed by atoms with Gasteiger partial charge in [-0.2, -0.15) is 0 Å². The molecule has 134 valence electrons. The van der Waals surface area contributed by atoms with Crippen molar-refractivity contribution in [3.63, 3.8) is 0 Å². The number of methoxy groups -OCH3 is 1. The third-order valence-electron chi connectivity index (χ3n) is 3.12. The van der Waals surface area contributed by atoms with Crippen molar-refractivity contribution in [3.05, 3.63) is 24.2 Å². The Kier molecular flexibility index (Phi) is 15.5. The molecule has 0 saturated carbocycles. The molecule has 0 aromatic carbocycles. The molecule has 23 heavy (non-hydrogen) atoms. The van der Waals surface area contributed by atoms with E-state index in [1.807, 2.05) is 12.1 Å². The lowest BCUT2D eigenvalue weighted by atomic mass is 10.2. The Labute approximate surface area is 156 Å². The highest BCUT2D eigenvalue weighted by atomic mass is 127. The Morgan fingerprint density at radius 2 is 1.91 bits per heavy atom. The van der Waals surface area contributed by atoms with Crippen LogP contribution in [0.5, 0.6) is 0 Å². The first-order chi connectivity index (χ1) is 10.9. The molecular formula is C16H30IN3O3. The van der Waals surface area contributed by atoms with Gasteiger partial charge in [0.15, 0.2) is 5.96 Å². The van der Waals surface area contributed by atoms with Crippen LogP contribution in [0.2, 0.25) is 0 Å². The largest absolute Gasteiger partial charge is 0.467 e. The molecule has 0 radical (unpaired) electrons. The minimum atomic E-state index is 0. The van der Waals surface area contributed by atoms with E-state index in [4.69, 9.17) is 13.9 Å². The third-order valence-corrected chi connectivity index (χ3v) is 3.12. The van der Waals surface area contributed by atoms with Crippen molar-refractivity contribution in [2.75, 3.05) is 40.5 Å². The van der Waals surface area contributed by atoms with Crippen molar-refractivity contribution in [2.45, 2.75) is 32.3 Å². The number of halogens is 1. The van der Waals surface area contributed by atoms with E-state index in [1.165, 1.54) is 6.42 Å². The zero-order chi connectivity index (χ0) is 15.9. The highest BCUT2D eigenvalue weighted by Gasteiger charge is 1.98. The molecule has 0 saturated heterocycles. The molecular weight excluding hydrogens is 409 g/mol. The maximum atomic E-state index is 5.52. The van der Waals surface area contributed by atoms with E-state index in [2.05, 4.69) is 15.6 Å². The number of hydrogen-bond donors (Lipinski definition) is 2. The zero-order valence-electron chi connectivity index (χ0n) is 14.2. The predicted molar refractivity (Wildman–Crippen MR) is 103 cm³/mol. The standard InChI is InChI=1S/C16H29N3O3.HI/c1-17-16(18-9-4-3-5-11-20-2)19-10-7-12-21-14-15-8-6-13-22-15;/h6,8,13H,3-5,7,9-12,14H2,1-2H3,(H2,17,18,19);1H. The quantitative estimate of drug-likeness (QED) is 0.227. The second-order valence-electron chi connectivity index (χ2n) is 4.96. The van der Waals surface area contributed by atoms with Crippen LogP contribution in [0.3, 0.4) is 0 Å². The van der Waals surface area contributed by atoms with E-state index in [1.54, 1.807) is 20.4 Å². The van der Waals surface area contributed by atoms with Gasteiger partial charge < -0.3 is 24.5 Å². The lowest BCUT2D eigenvalue weighted by molar-refractivity contribution is 0.105. The summed E-state index contributed by atoms with van der Waals surface area (Å²) in [5.74, 6) is 1.71. The summed E-state index contributed by atoms with van der Waals surface area (Å²) in [4.78, 5) is 4.19. The van der Waals surface area contributed by atoms with Crippen molar-refractivity contribution in [1.82, 2.24) is 10.6 Å². The van der Waals surface area contributed by atoms with Gasteiger partial charge in [-0.05, 0) is 37.8 Å². The van der Waals surface area contributed by atoms with Crippen molar-refractivity contribution in [2.24, 2.45) is 4.99 Å². The summed E-state index contributed by atoms with van der Waals surface area (Å²) in [7, 11) is 3.52. The summed E-state index contributed by atoms with van der Waals surface area (Å²) < 4.78 is 15.7. The minimum absolute atomic E-state index is 0. The molecule has 0 spiro atoms. The first-order valence-electron chi connectivity index (χ1n) is 7.90. The van der Waals surface area contributed by atoms with E-state index in [9.17, 15) is 0 Å². The molecule has 0 aliphatic rings. The van der Waals surface area contributed by atoms with Crippen molar-refractivity contribution < 1.29 is 13.9 Å². The summed E-state index contributed by atoms with van der Waals surface area (Å²) in [6, 6.07) is 3.78. The topological polar surface area (TPSA) is 68.0 Å². The van der Waals surface area contributed by atoms with E-state index >= 15 is 0 Å². The molecule has 0 aliphatic heterocycles. The van der Waals surface area contributed by atoms with Gasteiger partial charge in [-0.25, -0.2) is 0 Å². The first kappa shape index (κ1) is 22.2. The van der Waals surface area contributed by atoms with E-state index in [0.29, 0.717) is 13.2 Å². The number of unbranched alkanes of at least 4 members (excludes halogenated alkanes) is 2. The molecule has 0 atom stereocenters. The van der Waals surface area contributed by atoms with Gasteiger partial charge in [0.25, 0.3) is 0 Å². The van der Waals surface area contributed by atoms with Crippen LogP contribution in [0.4, 0.5) is 0 Å². The molecule has 0 amide bonds. The smallest absolute Gasteiger partial charge is 0.190 e. The molecule has 0 fully saturated rings. The lowest BCUT2D eigenvalue weighted by Gasteiger charge is -2.11. The molecule has 1 aromatic heterocycles. The fourth-order valence-electron chi connectivity index (χ4n) is 1.92. The van der Waals surface area contributed by atoms with Crippen LogP contribution in [0.15, 0.2) is 27.8 Å². The van der Waals surface area contributed by atoms with Crippen LogP contribution < -0.4 is 10.6 Å². The number of furan rings is 1. The number of nitrogens with one attached hydrogen (secondary N) is 2. The highest BCUT2D eigenvalue weighted by molar-refractivity contribution is 14.0. The Balaban J connectivity index is 0.00000484. The fraction of sp³-hybridized carbons (Fsp3) is 0.688. The second-order valence-corrected chi connectivity index (χ2v) is 4.96. The predicted octanol–water partition coefficient (Wildman–Crippen LogP) is 2.79. The van der Waals surface area contributed by atoms with Crippen LogP contribution in [0.1, 0.15) is 31.4 Å². The molecule has 7 heteroatoms. The Morgan fingerprint density at radius 1 is 1.13 bits per heavy atom. The van der Waals surface area contributed by atoms with Crippen LogP contribution in [0, 0.1) is 0 Å². The van der Waals surface area contributed by atoms with Crippen molar-refractivity contribution >= 4 is 29.9 Å². The second kappa shape index (κ2) is 16.1. The molecule has 6 nitrogen and oxygen atoms in total. The number of rotatable bonds is 12. The Morgan fingerprint density at radius 3 is 2.57 bits per heavy atom. The SMILES string of the molecule is CN=C(NCCCCCOC)NCCCOCc1ccco1.I. The van der Waals surface area contributed by atoms with Gasteiger partial charge in [-0.3, -0.25) is 4.99 Å². The monoisotopic (exact) mass is 439 g/mol. The van der Waals surface area contributed by atoms with Crippen LogP contribution >= 0.6 is 24.0 Å². The molecule has 1 rings (SSSR count). The van der Waals surface area contributed by atoms with Crippen molar-refractivity contribution in [3.8, 4) is 0 Å². The maximum Gasteiger partial charge on any atom is 0.190 e. The Bertz CT molecular complexity index is 386. The lowest BCUT2D eigenvalue weighted by Crippen LogP contribution is -2.38. The van der Waals surface area contributed by atoms with Crippen LogP contribution in [-0.2, 0) is 16.1 Å². The third kappa shape index (κ3) is 12.3. The molecule has 2 N–H and O–H groups in total. The first-order valence-corrected chi connectivity index (χ1v) is 7.90. The van der Waals surface area contributed by atoms with Gasteiger partial charge in [0, 0.05) is 40.5 Å². The van der Waals surface area contributed by atoms with Crippen LogP contribution in [-0.4, -0.2) is 46.4 Å². The molecule has 1 heterocycles. The Hall–Kier alpha value is -0.800. The molecule has 0 bridgehead atoms. The van der Waals surface area contributed by atoms with Gasteiger partial charge in [0.2, 0.25) is 0 Å². The normalized spacial score (nSPS) is 11.1. The van der Waals surface area contributed by atoms with Gasteiger partial charge in [0.05, 0.1) is 6.26 Å². The average Bonchev–Trinajstić information content (AvgIpc) is 3.05. The van der Waals surface area contributed by atoms with E-state index in [0.717, 1.165) is 50.7 Å². The van der Waals surface area contributed by atoms with Gasteiger partial charge in [-0.1, -0.05) is 0 Å². The summed E-state index contributed by atoms with van der Waals surface area (Å²) in [5, 5.41) is 6.58. The minimum Gasteiger partial charge on any atom is -0.467 e. The molecule has 1 aromatic rings. The summed E-state index contributed by atoms with van der Waals surface area (Å²) in [5.41, 5.74) is 0. The van der Waals surface area contributed by atoms with Crippen molar-refractivity contribution in [1.29, 1.82) is 0 Å². The number of nitrogens with zero attached hydrogens (tertiary/aromatic N) is 1. The zero-order valence-corrected chi connectivity index (χ0v) is 16.5. The summed E-state index contributed by atoms with van der Waals surface area (Å²) >= 11 is 0. The molecule has 0 aliphatic carbocycles. The number of aliphatic imine (C=N–C) groups is 1. The summed E-state index contributed by atoms with van der Waals surface area (Å²) in [6.45, 7) is 3.83.